The van der Waals surface area contributed by atoms with Gasteiger partial charge in [-0.25, -0.2) is 0 Å². The van der Waals surface area contributed by atoms with Crippen LogP contribution >= 0.6 is 0 Å². The van der Waals surface area contributed by atoms with Gasteiger partial charge in [-0.1, -0.05) is 5.16 Å². The number of aromatic nitrogens is 2. The number of hydrogen-bond donors (Lipinski definition) is 1. The summed E-state index contributed by atoms with van der Waals surface area (Å²) in [5, 5.41) is 3.97. The van der Waals surface area contributed by atoms with Gasteiger partial charge in [-0.3, -0.25) is 0 Å². The molecule has 3 rings (SSSR count). The first-order valence-electron chi connectivity index (χ1n) is 6.54. The highest BCUT2D eigenvalue weighted by molar-refractivity contribution is 5.66. The van der Waals surface area contributed by atoms with E-state index in [1.165, 1.54) is 24.0 Å². The maximum Gasteiger partial charge on any atom is 0.240 e. The van der Waals surface area contributed by atoms with Crippen LogP contribution in [0.3, 0.4) is 0 Å². The number of nitrogens with two attached hydrogens (primary N) is 1. The zero-order chi connectivity index (χ0) is 13.2. The molecular weight excluding hydrogens is 242 g/mol. The Morgan fingerprint density at radius 2 is 2.00 bits per heavy atom. The second kappa shape index (κ2) is 5.01. The molecule has 0 saturated carbocycles. The monoisotopic (exact) mass is 259 g/mol. The highest BCUT2D eigenvalue weighted by Gasteiger charge is 2.18. The van der Waals surface area contributed by atoms with Crippen molar-refractivity contribution in [1.29, 1.82) is 0 Å². The fourth-order valence-corrected chi connectivity index (χ4v) is 2.55. The minimum Gasteiger partial charge on any atom is -0.496 e. The Hall–Kier alpha value is -1.88. The van der Waals surface area contributed by atoms with Gasteiger partial charge < -0.3 is 15.0 Å². The lowest BCUT2D eigenvalue weighted by molar-refractivity contribution is 0.379. The molecule has 0 radical (unpaired) electrons. The van der Waals surface area contributed by atoms with Crippen LogP contribution in [-0.4, -0.2) is 17.3 Å². The van der Waals surface area contributed by atoms with Crippen LogP contribution in [0.15, 0.2) is 16.7 Å². The summed E-state index contributed by atoms with van der Waals surface area (Å²) in [5.74, 6) is 1.78. The van der Waals surface area contributed by atoms with E-state index in [1.54, 1.807) is 7.11 Å². The van der Waals surface area contributed by atoms with E-state index >= 15 is 0 Å². The van der Waals surface area contributed by atoms with Gasteiger partial charge in [0.1, 0.15) is 5.75 Å². The van der Waals surface area contributed by atoms with Crippen molar-refractivity contribution >= 4 is 0 Å². The van der Waals surface area contributed by atoms with Gasteiger partial charge in [0.2, 0.25) is 11.7 Å². The van der Waals surface area contributed by atoms with Gasteiger partial charge in [0.15, 0.2) is 0 Å². The molecule has 0 unspecified atom stereocenters. The van der Waals surface area contributed by atoms with Crippen LogP contribution < -0.4 is 10.5 Å². The molecule has 2 aromatic rings. The molecule has 19 heavy (non-hydrogen) atoms. The summed E-state index contributed by atoms with van der Waals surface area (Å²) < 4.78 is 10.5. The van der Waals surface area contributed by atoms with Gasteiger partial charge in [-0.15, -0.1) is 0 Å². The Bertz CT molecular complexity index is 592. The third-order valence-corrected chi connectivity index (χ3v) is 3.55. The maximum absolute atomic E-state index is 5.50. The Labute approximate surface area is 111 Å². The molecule has 0 atom stereocenters. The first-order chi connectivity index (χ1) is 9.31. The zero-order valence-electron chi connectivity index (χ0n) is 11.0. The normalized spacial score (nSPS) is 14.2. The first kappa shape index (κ1) is 12.2. The molecule has 1 aliphatic rings. The quantitative estimate of drug-likeness (QED) is 0.913. The molecule has 0 fully saturated rings. The smallest absolute Gasteiger partial charge is 0.240 e. The van der Waals surface area contributed by atoms with E-state index in [-0.39, 0.29) is 6.54 Å². The third kappa shape index (κ3) is 2.21. The van der Waals surface area contributed by atoms with Crippen LogP contribution in [0.1, 0.15) is 29.9 Å². The van der Waals surface area contributed by atoms with Crippen molar-refractivity contribution < 1.29 is 9.26 Å². The van der Waals surface area contributed by atoms with Gasteiger partial charge in [-0.2, -0.15) is 4.98 Å². The minimum atomic E-state index is 0.250. The van der Waals surface area contributed by atoms with Crippen molar-refractivity contribution in [3.63, 3.8) is 0 Å². The van der Waals surface area contributed by atoms with Crippen molar-refractivity contribution in [3.8, 4) is 17.1 Å². The van der Waals surface area contributed by atoms with E-state index in [0.717, 1.165) is 24.2 Å². The Morgan fingerprint density at radius 1 is 1.26 bits per heavy atom. The van der Waals surface area contributed by atoms with Crippen molar-refractivity contribution in [3.05, 3.63) is 29.2 Å². The van der Waals surface area contributed by atoms with E-state index in [0.29, 0.717) is 11.7 Å². The molecule has 0 amide bonds. The predicted molar refractivity (Wildman–Crippen MR) is 70.8 cm³/mol. The van der Waals surface area contributed by atoms with Gasteiger partial charge in [-0.05, 0) is 48.9 Å². The van der Waals surface area contributed by atoms with Crippen molar-refractivity contribution in [2.75, 3.05) is 7.11 Å². The molecular formula is C14H17N3O2. The number of methoxy groups -OCH3 is 1. The molecule has 1 heterocycles. The van der Waals surface area contributed by atoms with E-state index in [2.05, 4.69) is 22.3 Å². The number of fused-ring (bicyclic) bond motifs is 1. The van der Waals surface area contributed by atoms with E-state index in [4.69, 9.17) is 15.0 Å². The average Bonchev–Trinajstić information content (AvgIpc) is 2.94. The SMILES string of the molecule is COc1cc2c(cc1-c1noc(CN)n1)CCCC2. The average molecular weight is 259 g/mol. The number of aryl methyl sites for hydroxylation is 2. The summed E-state index contributed by atoms with van der Waals surface area (Å²) in [7, 11) is 1.66. The highest BCUT2D eigenvalue weighted by atomic mass is 16.5. The largest absolute Gasteiger partial charge is 0.496 e. The van der Waals surface area contributed by atoms with Crippen LogP contribution in [0.25, 0.3) is 11.4 Å². The fraction of sp³-hybridized carbons (Fsp3) is 0.429. The molecule has 1 aromatic carbocycles. The standard InChI is InChI=1S/C14H17N3O2/c1-18-12-7-10-5-3-2-4-9(10)6-11(12)14-16-13(8-15)19-17-14/h6-7H,2-5,8,15H2,1H3. The first-order valence-corrected chi connectivity index (χ1v) is 6.54. The summed E-state index contributed by atoms with van der Waals surface area (Å²) >= 11 is 0. The minimum absolute atomic E-state index is 0.250. The number of ether oxygens (including phenoxy) is 1. The summed E-state index contributed by atoms with van der Waals surface area (Å²) in [6.45, 7) is 0.250. The molecule has 0 spiro atoms. The van der Waals surface area contributed by atoms with Crippen LogP contribution in [-0.2, 0) is 19.4 Å². The van der Waals surface area contributed by atoms with Crippen LogP contribution in [0.5, 0.6) is 5.75 Å². The molecule has 5 heteroatoms. The fourth-order valence-electron chi connectivity index (χ4n) is 2.55. The van der Waals surface area contributed by atoms with Crippen LogP contribution in [0.2, 0.25) is 0 Å². The number of benzene rings is 1. The lowest BCUT2D eigenvalue weighted by Gasteiger charge is -2.18. The lowest BCUT2D eigenvalue weighted by Crippen LogP contribution is -2.04. The summed E-state index contributed by atoms with van der Waals surface area (Å²) in [4.78, 5) is 4.27. The third-order valence-electron chi connectivity index (χ3n) is 3.55. The second-order valence-corrected chi connectivity index (χ2v) is 4.74. The summed E-state index contributed by atoms with van der Waals surface area (Å²) in [6, 6.07) is 4.22. The van der Waals surface area contributed by atoms with Crippen molar-refractivity contribution in [1.82, 2.24) is 10.1 Å². The molecule has 2 N–H and O–H groups in total. The van der Waals surface area contributed by atoms with Gasteiger partial charge >= 0.3 is 0 Å². The molecule has 0 bridgehead atoms. The Morgan fingerprint density at radius 3 is 2.63 bits per heavy atom. The van der Waals surface area contributed by atoms with Crippen molar-refractivity contribution in [2.45, 2.75) is 32.2 Å². The van der Waals surface area contributed by atoms with Gasteiger partial charge in [0, 0.05) is 0 Å². The van der Waals surface area contributed by atoms with Crippen molar-refractivity contribution in [2.24, 2.45) is 5.73 Å². The molecule has 100 valence electrons. The van der Waals surface area contributed by atoms with E-state index < -0.39 is 0 Å². The number of rotatable bonds is 3. The summed E-state index contributed by atoms with van der Waals surface area (Å²) in [6.07, 6.45) is 4.70. The molecule has 5 nitrogen and oxygen atoms in total. The lowest BCUT2D eigenvalue weighted by atomic mass is 9.90. The maximum atomic E-state index is 5.50. The molecule has 1 aromatic heterocycles. The summed E-state index contributed by atoms with van der Waals surface area (Å²) in [5.41, 5.74) is 9.11. The molecule has 1 aliphatic carbocycles. The van der Waals surface area contributed by atoms with E-state index in [9.17, 15) is 0 Å². The zero-order valence-corrected chi connectivity index (χ0v) is 11.0. The second-order valence-electron chi connectivity index (χ2n) is 4.74. The number of nitrogens with zero attached hydrogens (tertiary/aromatic N) is 2. The van der Waals surface area contributed by atoms with Gasteiger partial charge in [0.25, 0.3) is 0 Å². The van der Waals surface area contributed by atoms with Gasteiger partial charge in [0.05, 0.1) is 19.2 Å². The van der Waals surface area contributed by atoms with E-state index in [1.807, 2.05) is 0 Å². The molecule has 0 saturated heterocycles. The van der Waals surface area contributed by atoms with Crippen LogP contribution in [0.4, 0.5) is 0 Å². The van der Waals surface area contributed by atoms with Crippen LogP contribution in [0, 0.1) is 0 Å². The topological polar surface area (TPSA) is 74.2 Å². The highest BCUT2D eigenvalue weighted by Crippen LogP contribution is 2.34. The predicted octanol–water partition coefficient (Wildman–Crippen LogP) is 2.08. The molecule has 0 aliphatic heterocycles. The Kier molecular flexibility index (Phi) is 3.21. The Balaban J connectivity index is 2.08. The number of hydrogen-bond acceptors (Lipinski definition) is 5.